The summed E-state index contributed by atoms with van der Waals surface area (Å²) in [6.45, 7) is 3.78. The molecule has 4 rings (SSSR count). The first-order valence-electron chi connectivity index (χ1n) is 12.9. The molecule has 0 saturated heterocycles. The van der Waals surface area contributed by atoms with Crippen molar-refractivity contribution in [3.8, 4) is 5.75 Å². The number of aromatic nitrogens is 1. The average Bonchev–Trinajstić information content (AvgIpc) is 2.93. The molecule has 1 heterocycles. The summed E-state index contributed by atoms with van der Waals surface area (Å²) in [5.74, 6) is -0.249. The topological polar surface area (TPSA) is 88.6 Å². The van der Waals surface area contributed by atoms with Crippen LogP contribution in [0.2, 0.25) is 0 Å². The smallest absolute Gasteiger partial charge is 0.277 e. The third kappa shape index (κ3) is 6.23. The largest absolute Gasteiger partial charge is 0.493 e. The second kappa shape index (κ2) is 12.3. The highest BCUT2D eigenvalue weighted by molar-refractivity contribution is 6.09. The lowest BCUT2D eigenvalue weighted by Gasteiger charge is -2.34. The summed E-state index contributed by atoms with van der Waals surface area (Å²) in [7, 11) is 0. The number of nitrogens with zero attached hydrogens (tertiary/aromatic N) is 2. The van der Waals surface area contributed by atoms with Gasteiger partial charge in [0.25, 0.3) is 5.91 Å². The van der Waals surface area contributed by atoms with Crippen LogP contribution in [0.4, 0.5) is 5.69 Å². The Bertz CT molecular complexity index is 1220. The molecule has 1 aliphatic rings. The van der Waals surface area contributed by atoms with Gasteiger partial charge in [-0.1, -0.05) is 43.5 Å². The van der Waals surface area contributed by atoms with Gasteiger partial charge in [0.15, 0.2) is 5.78 Å². The third-order valence-corrected chi connectivity index (χ3v) is 6.63. The zero-order chi connectivity index (χ0) is 26.2. The standard InChI is InChI=1S/C30H33N3O4/c1-3-37-27-15-8-7-13-25(27)28(29(35)32-23-11-5-4-6-12-23)33(30(36)26-14-9-10-20-31-26)24-18-16-22(17-19-24)21(2)34/h7-10,13-20,23,28H,3-6,11-12H2,1-2H3,(H,32,35). The van der Waals surface area contributed by atoms with Crippen molar-refractivity contribution >= 4 is 23.3 Å². The fraction of sp³-hybridized carbons (Fsp3) is 0.333. The van der Waals surface area contributed by atoms with E-state index in [1.54, 1.807) is 48.7 Å². The summed E-state index contributed by atoms with van der Waals surface area (Å²) in [4.78, 5) is 45.7. The second-order valence-corrected chi connectivity index (χ2v) is 9.21. The van der Waals surface area contributed by atoms with E-state index in [9.17, 15) is 14.4 Å². The van der Waals surface area contributed by atoms with Gasteiger partial charge in [-0.2, -0.15) is 0 Å². The molecule has 1 N–H and O–H groups in total. The van der Waals surface area contributed by atoms with E-state index in [1.165, 1.54) is 11.8 Å². The minimum absolute atomic E-state index is 0.0508. The number of ketones is 1. The van der Waals surface area contributed by atoms with Crippen molar-refractivity contribution in [3.05, 3.63) is 89.7 Å². The van der Waals surface area contributed by atoms with Crippen molar-refractivity contribution in [1.82, 2.24) is 10.3 Å². The molecule has 0 radical (unpaired) electrons. The summed E-state index contributed by atoms with van der Waals surface area (Å²) in [6.07, 6.45) is 6.66. The number of hydrogen-bond acceptors (Lipinski definition) is 5. The first-order chi connectivity index (χ1) is 18.0. The van der Waals surface area contributed by atoms with Crippen molar-refractivity contribution in [3.63, 3.8) is 0 Å². The van der Waals surface area contributed by atoms with E-state index in [0.717, 1.165) is 32.1 Å². The van der Waals surface area contributed by atoms with Gasteiger partial charge < -0.3 is 10.1 Å². The molecule has 1 atom stereocenters. The molecule has 7 nitrogen and oxygen atoms in total. The highest BCUT2D eigenvalue weighted by Crippen LogP contribution is 2.35. The minimum Gasteiger partial charge on any atom is -0.493 e. The van der Waals surface area contributed by atoms with Gasteiger partial charge in [-0.3, -0.25) is 24.3 Å². The number of ether oxygens (including phenoxy) is 1. The Labute approximate surface area is 217 Å². The van der Waals surface area contributed by atoms with Gasteiger partial charge in [0.1, 0.15) is 17.5 Å². The Morgan fingerprint density at radius 1 is 0.973 bits per heavy atom. The molecule has 7 heteroatoms. The molecule has 0 spiro atoms. The quantitative estimate of drug-likeness (QED) is 0.392. The van der Waals surface area contributed by atoms with Gasteiger partial charge >= 0.3 is 0 Å². The van der Waals surface area contributed by atoms with Crippen LogP contribution in [-0.4, -0.2) is 35.2 Å². The molecular formula is C30H33N3O4. The van der Waals surface area contributed by atoms with E-state index in [1.807, 2.05) is 31.2 Å². The van der Waals surface area contributed by atoms with Gasteiger partial charge in [-0.15, -0.1) is 0 Å². The average molecular weight is 500 g/mol. The van der Waals surface area contributed by atoms with E-state index >= 15 is 0 Å². The van der Waals surface area contributed by atoms with Crippen LogP contribution in [0.1, 0.15) is 78.4 Å². The minimum atomic E-state index is -1.01. The Hall–Kier alpha value is -4.00. The molecule has 0 bridgehead atoms. The molecule has 37 heavy (non-hydrogen) atoms. The van der Waals surface area contributed by atoms with E-state index < -0.39 is 11.9 Å². The Balaban J connectivity index is 1.85. The Morgan fingerprint density at radius 3 is 2.32 bits per heavy atom. The van der Waals surface area contributed by atoms with Gasteiger partial charge in [-0.25, -0.2) is 0 Å². The molecule has 3 aromatic rings. The summed E-state index contributed by atoms with van der Waals surface area (Å²) >= 11 is 0. The predicted molar refractivity (Wildman–Crippen MR) is 143 cm³/mol. The van der Waals surface area contributed by atoms with Crippen molar-refractivity contribution in [2.24, 2.45) is 0 Å². The second-order valence-electron chi connectivity index (χ2n) is 9.21. The SMILES string of the molecule is CCOc1ccccc1C(C(=O)NC1CCCCC1)N(C(=O)c1ccccn1)c1ccc(C(C)=O)cc1. The molecule has 1 saturated carbocycles. The summed E-state index contributed by atoms with van der Waals surface area (Å²) in [5.41, 5.74) is 1.79. The number of benzene rings is 2. The maximum Gasteiger partial charge on any atom is 0.277 e. The molecule has 2 aromatic carbocycles. The number of pyridine rings is 1. The highest BCUT2D eigenvalue weighted by atomic mass is 16.5. The van der Waals surface area contributed by atoms with Crippen LogP contribution in [-0.2, 0) is 4.79 Å². The highest BCUT2D eigenvalue weighted by Gasteiger charge is 2.36. The van der Waals surface area contributed by atoms with Crippen LogP contribution in [0.15, 0.2) is 72.9 Å². The van der Waals surface area contributed by atoms with Crippen molar-refractivity contribution in [2.45, 2.75) is 58.0 Å². The lowest BCUT2D eigenvalue weighted by atomic mass is 9.94. The predicted octanol–water partition coefficient (Wildman–Crippen LogP) is 5.52. The zero-order valence-corrected chi connectivity index (χ0v) is 21.4. The van der Waals surface area contributed by atoms with E-state index in [-0.39, 0.29) is 23.4 Å². The van der Waals surface area contributed by atoms with Gasteiger partial charge in [0.2, 0.25) is 5.91 Å². The number of Topliss-reactive ketones (excluding diaryl/α,β-unsaturated/α-hetero) is 1. The third-order valence-electron chi connectivity index (χ3n) is 6.63. The van der Waals surface area contributed by atoms with E-state index in [2.05, 4.69) is 10.3 Å². The van der Waals surface area contributed by atoms with Crippen molar-refractivity contribution in [1.29, 1.82) is 0 Å². The number of carbonyl (C=O) groups is 3. The van der Waals surface area contributed by atoms with Crippen LogP contribution < -0.4 is 15.0 Å². The molecule has 1 aliphatic carbocycles. The van der Waals surface area contributed by atoms with Gasteiger partial charge in [0, 0.05) is 29.1 Å². The maximum absolute atomic E-state index is 14.1. The van der Waals surface area contributed by atoms with Crippen molar-refractivity contribution < 1.29 is 19.1 Å². The van der Waals surface area contributed by atoms with Crippen LogP contribution in [0.3, 0.4) is 0 Å². The summed E-state index contributed by atoms with van der Waals surface area (Å²) in [6, 6.07) is 18.2. The molecule has 1 unspecified atom stereocenters. The van der Waals surface area contributed by atoms with Crippen LogP contribution in [0.25, 0.3) is 0 Å². The molecule has 1 fully saturated rings. The first-order valence-corrected chi connectivity index (χ1v) is 12.9. The number of carbonyl (C=O) groups excluding carboxylic acids is 3. The van der Waals surface area contributed by atoms with Crippen molar-refractivity contribution in [2.75, 3.05) is 11.5 Å². The Kier molecular flexibility index (Phi) is 8.67. The molecular weight excluding hydrogens is 466 g/mol. The number of rotatable bonds is 9. The molecule has 2 amide bonds. The number of amides is 2. The van der Waals surface area contributed by atoms with Crippen LogP contribution in [0, 0.1) is 0 Å². The molecule has 192 valence electrons. The normalized spacial score (nSPS) is 14.4. The number of hydrogen-bond donors (Lipinski definition) is 1. The number of anilines is 1. The van der Waals surface area contributed by atoms with Crippen LogP contribution in [0.5, 0.6) is 5.75 Å². The molecule has 1 aromatic heterocycles. The van der Waals surface area contributed by atoms with E-state index in [0.29, 0.717) is 29.2 Å². The zero-order valence-electron chi connectivity index (χ0n) is 21.4. The monoisotopic (exact) mass is 499 g/mol. The fourth-order valence-electron chi connectivity index (χ4n) is 4.77. The fourth-order valence-corrected chi connectivity index (χ4v) is 4.77. The first kappa shape index (κ1) is 26.1. The summed E-state index contributed by atoms with van der Waals surface area (Å²) < 4.78 is 5.90. The van der Waals surface area contributed by atoms with E-state index in [4.69, 9.17) is 4.74 Å². The maximum atomic E-state index is 14.1. The molecule has 0 aliphatic heterocycles. The van der Waals surface area contributed by atoms with Crippen LogP contribution >= 0.6 is 0 Å². The Morgan fingerprint density at radius 2 is 1.68 bits per heavy atom. The van der Waals surface area contributed by atoms with Gasteiger partial charge in [0.05, 0.1) is 6.61 Å². The lowest BCUT2D eigenvalue weighted by Crippen LogP contribution is -2.47. The number of para-hydroxylation sites is 1. The lowest BCUT2D eigenvalue weighted by molar-refractivity contribution is -0.123. The van der Waals surface area contributed by atoms with Gasteiger partial charge in [-0.05, 0) is 69.2 Å². The summed E-state index contributed by atoms with van der Waals surface area (Å²) in [5, 5.41) is 3.21. The number of nitrogens with one attached hydrogen (secondary N) is 1.